The summed E-state index contributed by atoms with van der Waals surface area (Å²) in [5, 5.41) is 0. The van der Waals surface area contributed by atoms with Gasteiger partial charge in [0.1, 0.15) is 5.82 Å². The van der Waals surface area contributed by atoms with Crippen LogP contribution < -0.4 is 5.73 Å². The van der Waals surface area contributed by atoms with Crippen molar-refractivity contribution in [3.8, 4) is 0 Å². The van der Waals surface area contributed by atoms with Gasteiger partial charge in [0.2, 0.25) is 0 Å². The first kappa shape index (κ1) is 13.3. The lowest BCUT2D eigenvalue weighted by Gasteiger charge is -2.34. The van der Waals surface area contributed by atoms with Crippen molar-refractivity contribution in [3.05, 3.63) is 29.6 Å². The van der Waals surface area contributed by atoms with Crippen molar-refractivity contribution in [1.29, 1.82) is 0 Å². The van der Waals surface area contributed by atoms with Crippen LogP contribution >= 0.6 is 0 Å². The quantitative estimate of drug-likeness (QED) is 0.827. The number of ether oxygens (including phenoxy) is 1. The van der Waals surface area contributed by atoms with Crippen LogP contribution in [0.3, 0.4) is 0 Å². The highest BCUT2D eigenvalue weighted by Gasteiger charge is 2.27. The van der Waals surface area contributed by atoms with Gasteiger partial charge in [-0.05, 0) is 49.3 Å². The molecule has 0 atom stereocenters. The minimum Gasteiger partial charge on any atom is -0.398 e. The minimum atomic E-state index is -0.257. The Kier molecular flexibility index (Phi) is 3.91. The number of rotatable bonds is 3. The van der Waals surface area contributed by atoms with Crippen molar-refractivity contribution < 1.29 is 9.13 Å². The summed E-state index contributed by atoms with van der Waals surface area (Å²) in [6.45, 7) is 5.01. The zero-order valence-corrected chi connectivity index (χ0v) is 11.2. The molecule has 0 aromatic heterocycles. The Bertz CT molecular complexity index is 407. The number of benzene rings is 1. The Morgan fingerprint density at radius 1 is 1.33 bits per heavy atom. The minimum absolute atomic E-state index is 0.257. The zero-order valence-electron chi connectivity index (χ0n) is 11.2. The lowest BCUT2D eigenvalue weighted by atomic mass is 9.76. The van der Waals surface area contributed by atoms with E-state index in [9.17, 15) is 4.39 Å². The fourth-order valence-electron chi connectivity index (χ4n) is 2.45. The lowest BCUT2D eigenvalue weighted by molar-refractivity contribution is -0.00543. The number of hydrogen-bond donors (Lipinski definition) is 1. The maximum Gasteiger partial charge on any atom is 0.123 e. The lowest BCUT2D eigenvalue weighted by Crippen LogP contribution is -2.26. The maximum atomic E-state index is 13.1. The van der Waals surface area contributed by atoms with E-state index in [0.717, 1.165) is 18.4 Å². The molecule has 2 rings (SSSR count). The van der Waals surface area contributed by atoms with E-state index in [1.165, 1.54) is 25.0 Å². The van der Waals surface area contributed by atoms with Gasteiger partial charge in [-0.15, -0.1) is 0 Å². The predicted molar refractivity (Wildman–Crippen MR) is 71.6 cm³/mol. The molecule has 1 aliphatic carbocycles. The summed E-state index contributed by atoms with van der Waals surface area (Å²) >= 11 is 0. The molecule has 3 heteroatoms. The maximum absolute atomic E-state index is 13.1. The van der Waals surface area contributed by atoms with Gasteiger partial charge >= 0.3 is 0 Å². The molecule has 0 bridgehead atoms. The van der Waals surface area contributed by atoms with E-state index >= 15 is 0 Å². The highest BCUT2D eigenvalue weighted by molar-refractivity contribution is 5.46. The molecule has 2 N–H and O–H groups in total. The summed E-state index contributed by atoms with van der Waals surface area (Å²) in [5.74, 6) is -0.257. The van der Waals surface area contributed by atoms with Crippen molar-refractivity contribution in [2.45, 2.75) is 52.2 Å². The largest absolute Gasteiger partial charge is 0.398 e. The molecule has 1 saturated carbocycles. The van der Waals surface area contributed by atoms with Crippen molar-refractivity contribution in [3.63, 3.8) is 0 Å². The molecule has 0 amide bonds. The third-order valence-electron chi connectivity index (χ3n) is 3.87. The van der Waals surface area contributed by atoms with Crippen LogP contribution in [0.2, 0.25) is 0 Å². The fourth-order valence-corrected chi connectivity index (χ4v) is 2.45. The van der Waals surface area contributed by atoms with Crippen LogP contribution in [0, 0.1) is 11.2 Å². The smallest absolute Gasteiger partial charge is 0.123 e. The molecular weight excluding hydrogens is 229 g/mol. The number of nitrogens with two attached hydrogens (primary N) is 1. The Morgan fingerprint density at radius 2 is 2.00 bits per heavy atom. The van der Waals surface area contributed by atoms with Crippen molar-refractivity contribution >= 4 is 5.69 Å². The molecule has 0 unspecified atom stereocenters. The Hall–Kier alpha value is -1.09. The van der Waals surface area contributed by atoms with Gasteiger partial charge in [0.05, 0.1) is 12.7 Å². The highest BCUT2D eigenvalue weighted by atomic mass is 19.1. The van der Waals surface area contributed by atoms with Crippen LogP contribution in [0.1, 0.15) is 45.1 Å². The standard InChI is InChI=1S/C15H22FNO/c1-15(2)7-5-13(6-8-15)18-10-11-9-12(16)3-4-14(11)17/h3-4,9,13H,5-8,10,17H2,1-2H3. The number of hydrogen-bond acceptors (Lipinski definition) is 2. The van der Waals surface area contributed by atoms with Crippen LogP contribution in [0.15, 0.2) is 18.2 Å². The predicted octanol–water partition coefficient (Wildman–Crippen LogP) is 3.89. The van der Waals surface area contributed by atoms with Crippen molar-refractivity contribution in [2.24, 2.45) is 5.41 Å². The number of halogens is 1. The first-order valence-electron chi connectivity index (χ1n) is 6.62. The molecule has 2 nitrogen and oxygen atoms in total. The molecule has 1 aromatic carbocycles. The van der Waals surface area contributed by atoms with Gasteiger partial charge in [-0.1, -0.05) is 13.8 Å². The third kappa shape index (κ3) is 3.45. The molecule has 100 valence electrons. The third-order valence-corrected chi connectivity index (χ3v) is 3.87. The summed E-state index contributed by atoms with van der Waals surface area (Å²) in [5.41, 5.74) is 7.60. The fraction of sp³-hybridized carbons (Fsp3) is 0.600. The summed E-state index contributed by atoms with van der Waals surface area (Å²) in [6.07, 6.45) is 4.84. The highest BCUT2D eigenvalue weighted by Crippen LogP contribution is 2.36. The molecule has 1 aliphatic rings. The van der Waals surface area contributed by atoms with Crippen molar-refractivity contribution in [2.75, 3.05) is 5.73 Å². The molecule has 0 spiro atoms. The summed E-state index contributed by atoms with van der Waals surface area (Å²) in [6, 6.07) is 4.43. The van der Waals surface area contributed by atoms with E-state index in [4.69, 9.17) is 10.5 Å². The van der Waals surface area contributed by atoms with Gasteiger partial charge in [-0.2, -0.15) is 0 Å². The van der Waals surface area contributed by atoms with Gasteiger partial charge in [-0.3, -0.25) is 0 Å². The van der Waals surface area contributed by atoms with E-state index in [2.05, 4.69) is 13.8 Å². The second kappa shape index (κ2) is 5.27. The van der Waals surface area contributed by atoms with Crippen LogP contribution in [0.4, 0.5) is 10.1 Å². The van der Waals surface area contributed by atoms with Gasteiger partial charge in [0.25, 0.3) is 0 Å². The topological polar surface area (TPSA) is 35.2 Å². The second-order valence-electron chi connectivity index (χ2n) is 6.02. The molecule has 1 aromatic rings. The molecule has 1 fully saturated rings. The van der Waals surface area contributed by atoms with E-state index in [0.29, 0.717) is 23.8 Å². The van der Waals surface area contributed by atoms with Crippen molar-refractivity contribution in [1.82, 2.24) is 0 Å². The Labute approximate surface area is 108 Å². The van der Waals surface area contributed by atoms with Crippen LogP contribution in [-0.2, 0) is 11.3 Å². The Morgan fingerprint density at radius 3 is 2.67 bits per heavy atom. The van der Waals surface area contributed by atoms with Crippen LogP contribution in [0.5, 0.6) is 0 Å². The van der Waals surface area contributed by atoms with Gasteiger partial charge in [-0.25, -0.2) is 4.39 Å². The molecule has 18 heavy (non-hydrogen) atoms. The van der Waals surface area contributed by atoms with Crippen LogP contribution in [-0.4, -0.2) is 6.10 Å². The summed E-state index contributed by atoms with van der Waals surface area (Å²) in [4.78, 5) is 0. The van der Waals surface area contributed by atoms with E-state index < -0.39 is 0 Å². The number of nitrogen functional groups attached to an aromatic ring is 1. The monoisotopic (exact) mass is 251 g/mol. The van der Waals surface area contributed by atoms with E-state index in [1.807, 2.05) is 0 Å². The van der Waals surface area contributed by atoms with Gasteiger partial charge in [0.15, 0.2) is 0 Å². The molecule has 0 saturated heterocycles. The number of anilines is 1. The molecule has 0 heterocycles. The van der Waals surface area contributed by atoms with E-state index in [-0.39, 0.29) is 5.82 Å². The first-order valence-corrected chi connectivity index (χ1v) is 6.62. The average molecular weight is 251 g/mol. The van der Waals surface area contributed by atoms with Gasteiger partial charge < -0.3 is 10.5 Å². The SMILES string of the molecule is CC1(C)CCC(OCc2cc(F)ccc2N)CC1. The first-order chi connectivity index (χ1) is 8.46. The molecule has 0 radical (unpaired) electrons. The van der Waals surface area contributed by atoms with Gasteiger partial charge in [0, 0.05) is 11.3 Å². The normalized spacial score (nSPS) is 19.9. The van der Waals surface area contributed by atoms with Crippen LogP contribution in [0.25, 0.3) is 0 Å². The average Bonchev–Trinajstić information content (AvgIpc) is 2.32. The second-order valence-corrected chi connectivity index (χ2v) is 6.02. The summed E-state index contributed by atoms with van der Waals surface area (Å²) in [7, 11) is 0. The summed E-state index contributed by atoms with van der Waals surface area (Å²) < 4.78 is 19.0. The molecular formula is C15H22FNO. The zero-order chi connectivity index (χ0) is 13.2. The Balaban J connectivity index is 1.87. The molecule has 0 aliphatic heterocycles. The van der Waals surface area contributed by atoms with E-state index in [1.54, 1.807) is 6.07 Å².